The fraction of sp³-hybridized carbons (Fsp3) is 0.174. The van der Waals surface area contributed by atoms with Gasteiger partial charge in [0.15, 0.2) is 11.5 Å². The van der Waals surface area contributed by atoms with Gasteiger partial charge in [0.2, 0.25) is 6.79 Å². The molecule has 0 radical (unpaired) electrons. The smallest absolute Gasteiger partial charge is 0.256 e. The van der Waals surface area contributed by atoms with Crippen molar-refractivity contribution >= 4 is 11.6 Å². The third-order valence-electron chi connectivity index (χ3n) is 5.29. The number of ether oxygens (including phenoxy) is 2. The first kappa shape index (κ1) is 16.7. The van der Waals surface area contributed by atoms with Gasteiger partial charge in [-0.1, -0.05) is 42.5 Å². The minimum Gasteiger partial charge on any atom is -0.454 e. The van der Waals surface area contributed by atoms with Crippen LogP contribution in [-0.2, 0) is 6.54 Å². The van der Waals surface area contributed by atoms with Crippen LogP contribution in [0.1, 0.15) is 33.2 Å². The molecular weight excluding hydrogens is 352 g/mol. The first-order valence-corrected chi connectivity index (χ1v) is 9.31. The van der Waals surface area contributed by atoms with E-state index >= 15 is 0 Å². The number of amides is 1. The van der Waals surface area contributed by atoms with Gasteiger partial charge in [-0.3, -0.25) is 4.79 Å². The molecule has 0 spiro atoms. The summed E-state index contributed by atoms with van der Waals surface area (Å²) in [6.45, 7) is 2.78. The van der Waals surface area contributed by atoms with Crippen molar-refractivity contribution in [3.63, 3.8) is 0 Å². The molecule has 0 aromatic heterocycles. The maximum absolute atomic E-state index is 13.2. The summed E-state index contributed by atoms with van der Waals surface area (Å²) in [7, 11) is 0. The van der Waals surface area contributed by atoms with E-state index in [0.29, 0.717) is 6.54 Å². The molecule has 0 fully saturated rings. The van der Waals surface area contributed by atoms with Crippen LogP contribution in [0.4, 0.5) is 5.69 Å². The Bertz CT molecular complexity index is 1060. The second-order valence-electron chi connectivity index (χ2n) is 7.07. The Hall–Kier alpha value is -3.47. The van der Waals surface area contributed by atoms with Crippen molar-refractivity contribution in [2.24, 2.45) is 0 Å². The van der Waals surface area contributed by atoms with Crippen LogP contribution in [-0.4, -0.2) is 17.6 Å². The van der Waals surface area contributed by atoms with Gasteiger partial charge in [0, 0.05) is 23.4 Å². The van der Waals surface area contributed by atoms with Gasteiger partial charge in [0.05, 0.1) is 0 Å². The Balaban J connectivity index is 1.50. The van der Waals surface area contributed by atoms with Gasteiger partial charge in [-0.15, -0.1) is 0 Å². The largest absolute Gasteiger partial charge is 0.454 e. The molecule has 5 heteroatoms. The van der Waals surface area contributed by atoms with Gasteiger partial charge in [0.1, 0.15) is 6.17 Å². The van der Waals surface area contributed by atoms with Gasteiger partial charge in [-0.2, -0.15) is 0 Å². The molecule has 1 atom stereocenters. The molecule has 5 rings (SSSR count). The van der Waals surface area contributed by atoms with Crippen molar-refractivity contribution in [1.29, 1.82) is 0 Å². The summed E-state index contributed by atoms with van der Waals surface area (Å²) in [6, 6.07) is 21.7. The van der Waals surface area contributed by atoms with Crippen molar-refractivity contribution in [3.05, 3.63) is 89.0 Å². The van der Waals surface area contributed by atoms with E-state index in [-0.39, 0.29) is 18.9 Å². The van der Waals surface area contributed by atoms with E-state index in [1.807, 2.05) is 65.6 Å². The minimum absolute atomic E-state index is 0.0272. The number of carbonyl (C=O) groups is 1. The second-order valence-corrected chi connectivity index (χ2v) is 7.07. The van der Waals surface area contributed by atoms with Crippen LogP contribution in [0, 0.1) is 6.92 Å². The summed E-state index contributed by atoms with van der Waals surface area (Å²) in [5.41, 5.74) is 4.91. The average molecular weight is 372 g/mol. The highest BCUT2D eigenvalue weighted by molar-refractivity contribution is 5.99. The van der Waals surface area contributed by atoms with E-state index in [4.69, 9.17) is 9.47 Å². The van der Waals surface area contributed by atoms with Crippen LogP contribution in [0.5, 0.6) is 11.5 Å². The van der Waals surface area contributed by atoms with Crippen molar-refractivity contribution < 1.29 is 14.3 Å². The number of nitrogens with zero attached hydrogens (tertiary/aromatic N) is 1. The highest BCUT2D eigenvalue weighted by atomic mass is 16.7. The summed E-state index contributed by atoms with van der Waals surface area (Å²) >= 11 is 0. The first-order chi connectivity index (χ1) is 13.7. The standard InChI is InChI=1S/C23H20N2O3/c1-15-6-2-5-9-19(15)24-22-17-7-3-4-8-18(17)23(26)25(22)13-16-10-11-20-21(12-16)28-14-27-20/h2-12,22,24H,13-14H2,1H3/t22-/m0/s1. The van der Waals surface area contributed by atoms with E-state index in [9.17, 15) is 4.79 Å². The Morgan fingerprint density at radius 1 is 1.00 bits per heavy atom. The van der Waals surface area contributed by atoms with Crippen LogP contribution in [0.25, 0.3) is 0 Å². The van der Waals surface area contributed by atoms with Gasteiger partial charge >= 0.3 is 0 Å². The lowest BCUT2D eigenvalue weighted by molar-refractivity contribution is 0.0728. The number of hydrogen-bond donors (Lipinski definition) is 1. The van der Waals surface area contributed by atoms with Crippen molar-refractivity contribution in [2.45, 2.75) is 19.6 Å². The van der Waals surface area contributed by atoms with Gasteiger partial charge in [-0.05, 0) is 42.3 Å². The summed E-state index contributed by atoms with van der Waals surface area (Å²) in [4.78, 5) is 15.0. The minimum atomic E-state index is -0.227. The molecule has 0 unspecified atom stereocenters. The number of aryl methyl sites for hydroxylation is 1. The quantitative estimate of drug-likeness (QED) is 0.733. The summed E-state index contributed by atoms with van der Waals surface area (Å²) in [6.07, 6.45) is -0.227. The Labute approximate surface area is 163 Å². The molecule has 2 aliphatic heterocycles. The van der Waals surface area contributed by atoms with Crippen LogP contribution in [0.3, 0.4) is 0 Å². The molecule has 1 N–H and O–H groups in total. The third kappa shape index (κ3) is 2.76. The fourth-order valence-corrected chi connectivity index (χ4v) is 3.81. The van der Waals surface area contributed by atoms with Gasteiger partial charge in [0.25, 0.3) is 5.91 Å². The molecule has 140 valence electrons. The molecule has 0 aliphatic carbocycles. The van der Waals surface area contributed by atoms with Crippen LogP contribution >= 0.6 is 0 Å². The third-order valence-corrected chi connectivity index (χ3v) is 5.29. The predicted octanol–water partition coefficient (Wildman–Crippen LogP) is 4.49. The lowest BCUT2D eigenvalue weighted by Gasteiger charge is -2.28. The predicted molar refractivity (Wildman–Crippen MR) is 106 cm³/mol. The monoisotopic (exact) mass is 372 g/mol. The normalized spacial score (nSPS) is 17.0. The first-order valence-electron chi connectivity index (χ1n) is 9.31. The molecule has 0 saturated carbocycles. The lowest BCUT2D eigenvalue weighted by Crippen LogP contribution is -2.32. The molecule has 3 aromatic carbocycles. The summed E-state index contributed by atoms with van der Waals surface area (Å²) in [5.74, 6) is 1.50. The average Bonchev–Trinajstić information content (AvgIpc) is 3.28. The summed E-state index contributed by atoms with van der Waals surface area (Å²) < 4.78 is 10.9. The molecule has 2 aliphatic rings. The fourth-order valence-electron chi connectivity index (χ4n) is 3.81. The van der Waals surface area contributed by atoms with E-state index in [2.05, 4.69) is 18.3 Å². The number of nitrogens with one attached hydrogen (secondary N) is 1. The zero-order valence-electron chi connectivity index (χ0n) is 15.5. The Morgan fingerprint density at radius 3 is 2.68 bits per heavy atom. The van der Waals surface area contributed by atoms with E-state index in [1.165, 1.54) is 0 Å². The number of carbonyl (C=O) groups excluding carboxylic acids is 1. The van der Waals surface area contributed by atoms with Crippen LogP contribution in [0.15, 0.2) is 66.7 Å². The number of anilines is 1. The second kappa shape index (κ2) is 6.60. The zero-order chi connectivity index (χ0) is 19.1. The topological polar surface area (TPSA) is 50.8 Å². The van der Waals surface area contributed by atoms with Crippen LogP contribution in [0.2, 0.25) is 0 Å². The highest BCUT2D eigenvalue weighted by Crippen LogP contribution is 2.38. The zero-order valence-corrected chi connectivity index (χ0v) is 15.5. The highest BCUT2D eigenvalue weighted by Gasteiger charge is 2.36. The van der Waals surface area contributed by atoms with E-state index in [0.717, 1.165) is 39.4 Å². The van der Waals surface area contributed by atoms with Gasteiger partial charge in [-0.25, -0.2) is 0 Å². The molecule has 1 amide bonds. The molecule has 3 aromatic rings. The van der Waals surface area contributed by atoms with E-state index < -0.39 is 0 Å². The number of fused-ring (bicyclic) bond motifs is 2. The molecular formula is C23H20N2O3. The summed E-state index contributed by atoms with van der Waals surface area (Å²) in [5, 5.41) is 3.57. The maximum atomic E-state index is 13.2. The number of benzene rings is 3. The SMILES string of the molecule is Cc1ccccc1N[C@@H]1c2ccccc2C(=O)N1Cc1ccc2c(c1)OCO2. The Morgan fingerprint density at radius 2 is 1.79 bits per heavy atom. The molecule has 28 heavy (non-hydrogen) atoms. The molecule has 0 bridgehead atoms. The van der Waals surface area contributed by atoms with Gasteiger partial charge < -0.3 is 19.7 Å². The maximum Gasteiger partial charge on any atom is 0.256 e. The Kier molecular flexibility index (Phi) is 3.93. The molecule has 2 heterocycles. The number of hydrogen-bond acceptors (Lipinski definition) is 4. The molecule has 0 saturated heterocycles. The van der Waals surface area contributed by atoms with E-state index in [1.54, 1.807) is 0 Å². The molecule has 5 nitrogen and oxygen atoms in total. The van der Waals surface area contributed by atoms with Crippen molar-refractivity contribution in [1.82, 2.24) is 4.90 Å². The lowest BCUT2D eigenvalue weighted by atomic mass is 10.1. The van der Waals surface area contributed by atoms with Crippen molar-refractivity contribution in [2.75, 3.05) is 12.1 Å². The van der Waals surface area contributed by atoms with Crippen molar-refractivity contribution in [3.8, 4) is 11.5 Å². The number of rotatable bonds is 4. The van der Waals surface area contributed by atoms with Crippen LogP contribution < -0.4 is 14.8 Å². The number of para-hydroxylation sites is 1.